The van der Waals surface area contributed by atoms with Crippen molar-refractivity contribution in [3.63, 3.8) is 0 Å². The van der Waals surface area contributed by atoms with Crippen molar-refractivity contribution in [2.45, 2.75) is 52.9 Å². The minimum absolute atomic E-state index is 0.0837. The molecule has 0 aliphatic heterocycles. The fourth-order valence-corrected chi connectivity index (χ4v) is 2.07. The van der Waals surface area contributed by atoms with E-state index in [2.05, 4.69) is 0 Å². The Labute approximate surface area is 118 Å². The first-order valence-corrected chi connectivity index (χ1v) is 6.85. The van der Waals surface area contributed by atoms with Crippen LogP contribution in [0.25, 0.3) is 0 Å². The van der Waals surface area contributed by atoms with Gasteiger partial charge in [0.2, 0.25) is 0 Å². The van der Waals surface area contributed by atoms with E-state index in [1.165, 1.54) is 19.1 Å². The van der Waals surface area contributed by atoms with Gasteiger partial charge in [0.05, 0.1) is 5.56 Å². The monoisotopic (exact) mass is 293 g/mol. The Kier molecular flexibility index (Phi) is 8.46. The molecule has 0 aliphatic carbocycles. The van der Waals surface area contributed by atoms with E-state index in [0.29, 0.717) is 13.0 Å². The summed E-state index contributed by atoms with van der Waals surface area (Å²) in [5, 5.41) is 0. The van der Waals surface area contributed by atoms with Gasteiger partial charge in [-0.25, -0.2) is 4.39 Å². The van der Waals surface area contributed by atoms with Crippen LogP contribution >= 0.6 is 0 Å². The average molecular weight is 293 g/mol. The summed E-state index contributed by atoms with van der Waals surface area (Å²) in [4.78, 5) is 0. The zero-order valence-corrected chi connectivity index (χ0v) is 12.3. The van der Waals surface area contributed by atoms with Gasteiger partial charge in [0.15, 0.2) is 0 Å². The third kappa shape index (κ3) is 5.49. The van der Waals surface area contributed by atoms with Gasteiger partial charge in [-0.1, -0.05) is 26.0 Å². The molecule has 0 bridgehead atoms. The summed E-state index contributed by atoms with van der Waals surface area (Å²) >= 11 is 0. The SMILES string of the molecule is CC.Cc1cc(CCCCN)cc(CF)c1C(F)(F)F. The molecule has 0 aromatic heterocycles. The number of benzene rings is 1. The summed E-state index contributed by atoms with van der Waals surface area (Å²) in [5.74, 6) is 0. The first-order chi connectivity index (χ1) is 9.40. The van der Waals surface area contributed by atoms with Crippen LogP contribution in [0.5, 0.6) is 0 Å². The molecule has 1 aromatic rings. The Morgan fingerprint density at radius 2 is 1.70 bits per heavy atom. The molecule has 0 spiro atoms. The molecule has 0 aliphatic rings. The molecule has 0 saturated carbocycles. The number of unbranched alkanes of at least 4 members (excludes halogenated alkanes) is 1. The van der Waals surface area contributed by atoms with Crippen LogP contribution in [0.3, 0.4) is 0 Å². The normalized spacial score (nSPS) is 11.0. The maximum atomic E-state index is 12.8. The van der Waals surface area contributed by atoms with E-state index in [-0.39, 0.29) is 11.1 Å². The molecule has 0 saturated heterocycles. The first kappa shape index (κ1) is 18.9. The average Bonchev–Trinajstić information content (AvgIpc) is 2.39. The van der Waals surface area contributed by atoms with Gasteiger partial charge >= 0.3 is 6.18 Å². The minimum Gasteiger partial charge on any atom is -0.330 e. The molecular weight excluding hydrogens is 270 g/mol. The molecule has 2 N–H and O–H groups in total. The second-order valence-corrected chi connectivity index (χ2v) is 4.32. The molecule has 0 atom stereocenters. The van der Waals surface area contributed by atoms with E-state index in [1.54, 1.807) is 0 Å². The lowest BCUT2D eigenvalue weighted by atomic mass is 9.96. The standard InChI is InChI=1S/C13H17F4N.C2H6/c1-9-6-10(4-2-3-5-18)7-11(8-14)12(9)13(15,16)17;1-2/h6-7H,2-5,8,18H2,1H3;1-2H3. The van der Waals surface area contributed by atoms with E-state index < -0.39 is 18.4 Å². The maximum absolute atomic E-state index is 12.8. The van der Waals surface area contributed by atoms with Crippen LogP contribution < -0.4 is 5.73 Å². The van der Waals surface area contributed by atoms with Gasteiger partial charge in [-0.15, -0.1) is 0 Å². The smallest absolute Gasteiger partial charge is 0.330 e. The molecule has 0 fully saturated rings. The number of alkyl halides is 4. The number of halogens is 4. The first-order valence-electron chi connectivity index (χ1n) is 6.85. The van der Waals surface area contributed by atoms with Gasteiger partial charge in [-0.2, -0.15) is 13.2 Å². The lowest BCUT2D eigenvalue weighted by Gasteiger charge is -2.16. The lowest BCUT2D eigenvalue weighted by Crippen LogP contribution is -2.12. The Hall–Kier alpha value is -1.10. The number of hydrogen-bond donors (Lipinski definition) is 1. The van der Waals surface area contributed by atoms with Crippen LogP contribution in [0.4, 0.5) is 17.6 Å². The van der Waals surface area contributed by atoms with Gasteiger partial charge in [0, 0.05) is 0 Å². The Bertz CT molecular complexity index is 400. The van der Waals surface area contributed by atoms with Crippen molar-refractivity contribution in [2.75, 3.05) is 6.54 Å². The predicted molar refractivity (Wildman–Crippen MR) is 74.3 cm³/mol. The summed E-state index contributed by atoms with van der Waals surface area (Å²) < 4.78 is 51.0. The summed E-state index contributed by atoms with van der Waals surface area (Å²) in [6.07, 6.45) is -2.26. The van der Waals surface area contributed by atoms with Crippen LogP contribution in [0.15, 0.2) is 12.1 Å². The largest absolute Gasteiger partial charge is 0.417 e. The van der Waals surface area contributed by atoms with Gasteiger partial charge in [-0.05, 0) is 49.4 Å². The van der Waals surface area contributed by atoms with Crippen LogP contribution in [-0.2, 0) is 19.3 Å². The van der Waals surface area contributed by atoms with Crippen molar-refractivity contribution in [3.8, 4) is 0 Å². The summed E-state index contributed by atoms with van der Waals surface area (Å²) in [6.45, 7) is 4.82. The molecule has 0 unspecified atom stereocenters. The Morgan fingerprint density at radius 3 is 2.15 bits per heavy atom. The van der Waals surface area contributed by atoms with Crippen molar-refractivity contribution in [1.29, 1.82) is 0 Å². The Balaban J connectivity index is 0.00000172. The zero-order valence-electron chi connectivity index (χ0n) is 12.3. The molecule has 0 radical (unpaired) electrons. The molecule has 1 aromatic carbocycles. The highest BCUT2D eigenvalue weighted by Gasteiger charge is 2.35. The van der Waals surface area contributed by atoms with Gasteiger partial charge < -0.3 is 5.73 Å². The van der Waals surface area contributed by atoms with Crippen LogP contribution in [0.1, 0.15) is 48.9 Å². The molecular formula is C15H23F4N. The second kappa shape index (κ2) is 8.95. The van der Waals surface area contributed by atoms with E-state index in [1.807, 2.05) is 13.8 Å². The number of rotatable bonds is 5. The van der Waals surface area contributed by atoms with Crippen LogP contribution in [0.2, 0.25) is 0 Å². The second-order valence-electron chi connectivity index (χ2n) is 4.32. The van der Waals surface area contributed by atoms with Crippen LogP contribution in [-0.4, -0.2) is 6.54 Å². The highest BCUT2D eigenvalue weighted by Crippen LogP contribution is 2.35. The zero-order chi connectivity index (χ0) is 15.8. The van der Waals surface area contributed by atoms with Crippen molar-refractivity contribution >= 4 is 0 Å². The Morgan fingerprint density at radius 1 is 1.10 bits per heavy atom. The number of nitrogens with two attached hydrogens (primary N) is 1. The summed E-state index contributed by atoms with van der Waals surface area (Å²) in [6, 6.07) is 2.80. The van der Waals surface area contributed by atoms with Crippen molar-refractivity contribution in [1.82, 2.24) is 0 Å². The fraction of sp³-hybridized carbons (Fsp3) is 0.600. The lowest BCUT2D eigenvalue weighted by molar-refractivity contribution is -0.138. The van der Waals surface area contributed by atoms with Crippen molar-refractivity contribution < 1.29 is 17.6 Å². The molecule has 20 heavy (non-hydrogen) atoms. The summed E-state index contributed by atoms with van der Waals surface area (Å²) in [7, 11) is 0. The summed E-state index contributed by atoms with van der Waals surface area (Å²) in [5.41, 5.74) is 5.06. The number of aryl methyl sites for hydroxylation is 2. The number of hydrogen-bond acceptors (Lipinski definition) is 1. The molecule has 1 rings (SSSR count). The maximum Gasteiger partial charge on any atom is 0.417 e. The van der Waals surface area contributed by atoms with Crippen molar-refractivity contribution in [2.24, 2.45) is 5.73 Å². The molecule has 5 heteroatoms. The fourth-order valence-electron chi connectivity index (χ4n) is 2.07. The highest BCUT2D eigenvalue weighted by atomic mass is 19.4. The van der Waals surface area contributed by atoms with E-state index in [0.717, 1.165) is 18.4 Å². The quantitative estimate of drug-likeness (QED) is 0.613. The molecule has 1 nitrogen and oxygen atoms in total. The third-order valence-corrected chi connectivity index (χ3v) is 2.82. The molecule has 116 valence electrons. The van der Waals surface area contributed by atoms with E-state index in [4.69, 9.17) is 5.73 Å². The van der Waals surface area contributed by atoms with Crippen molar-refractivity contribution in [3.05, 3.63) is 34.4 Å². The molecule has 0 heterocycles. The molecule has 0 amide bonds. The predicted octanol–water partition coefficient (Wildman–Crippen LogP) is 4.79. The highest BCUT2D eigenvalue weighted by molar-refractivity contribution is 5.40. The topological polar surface area (TPSA) is 26.0 Å². The van der Waals surface area contributed by atoms with Gasteiger partial charge in [-0.3, -0.25) is 0 Å². The third-order valence-electron chi connectivity index (χ3n) is 2.82. The van der Waals surface area contributed by atoms with Gasteiger partial charge in [0.25, 0.3) is 0 Å². The van der Waals surface area contributed by atoms with E-state index >= 15 is 0 Å². The van der Waals surface area contributed by atoms with Gasteiger partial charge in [0.1, 0.15) is 6.67 Å². The van der Waals surface area contributed by atoms with E-state index in [9.17, 15) is 17.6 Å². The minimum atomic E-state index is -4.50. The van der Waals surface area contributed by atoms with Crippen LogP contribution in [0, 0.1) is 6.92 Å².